The van der Waals surface area contributed by atoms with Crippen molar-refractivity contribution in [1.82, 2.24) is 0 Å². The van der Waals surface area contributed by atoms with E-state index >= 15 is 0 Å². The molecule has 17 heavy (non-hydrogen) atoms. The quantitative estimate of drug-likeness (QED) is 0.748. The van der Waals surface area contributed by atoms with E-state index in [0.29, 0.717) is 23.3 Å². The normalized spacial score (nSPS) is 11.4. The van der Waals surface area contributed by atoms with E-state index in [4.69, 9.17) is 14.7 Å². The number of rotatable bonds is 4. The van der Waals surface area contributed by atoms with Crippen LogP contribution in [0.3, 0.4) is 0 Å². The van der Waals surface area contributed by atoms with Crippen LogP contribution in [-0.2, 0) is 9.53 Å². The second-order valence-electron chi connectivity index (χ2n) is 3.55. The monoisotopic (exact) mass is 233 g/mol. The summed E-state index contributed by atoms with van der Waals surface area (Å²) in [6, 6.07) is 7.07. The SMILES string of the molecule is CCC(C(=O)OC)c1cc(C#N)ccc1OC. The van der Waals surface area contributed by atoms with Crippen LogP contribution in [0.2, 0.25) is 0 Å². The molecule has 0 radical (unpaired) electrons. The zero-order valence-corrected chi connectivity index (χ0v) is 10.2. The molecule has 4 heteroatoms. The van der Waals surface area contributed by atoms with Crippen molar-refractivity contribution in [2.75, 3.05) is 14.2 Å². The predicted octanol–water partition coefficient (Wildman–Crippen LogP) is 2.23. The molecule has 0 amide bonds. The summed E-state index contributed by atoms with van der Waals surface area (Å²) in [5, 5.41) is 8.87. The van der Waals surface area contributed by atoms with Gasteiger partial charge in [-0.15, -0.1) is 0 Å². The topological polar surface area (TPSA) is 59.3 Å². The summed E-state index contributed by atoms with van der Waals surface area (Å²) in [4.78, 5) is 11.7. The summed E-state index contributed by atoms with van der Waals surface area (Å²) in [6.45, 7) is 1.89. The molecule has 0 aliphatic heterocycles. The number of hydrogen-bond donors (Lipinski definition) is 0. The summed E-state index contributed by atoms with van der Waals surface area (Å²) in [5.41, 5.74) is 1.20. The van der Waals surface area contributed by atoms with E-state index in [2.05, 4.69) is 0 Å². The number of ether oxygens (including phenoxy) is 2. The number of carbonyl (C=O) groups is 1. The maximum absolute atomic E-state index is 11.7. The maximum Gasteiger partial charge on any atom is 0.313 e. The van der Waals surface area contributed by atoms with E-state index in [1.165, 1.54) is 14.2 Å². The van der Waals surface area contributed by atoms with Crippen LogP contribution in [0.5, 0.6) is 5.75 Å². The molecule has 1 rings (SSSR count). The minimum atomic E-state index is -0.400. The van der Waals surface area contributed by atoms with Crippen molar-refractivity contribution in [3.63, 3.8) is 0 Å². The summed E-state index contributed by atoms with van der Waals surface area (Å²) >= 11 is 0. The lowest BCUT2D eigenvalue weighted by molar-refractivity contribution is -0.142. The smallest absolute Gasteiger partial charge is 0.313 e. The Hall–Kier alpha value is -2.02. The Morgan fingerprint density at radius 3 is 2.65 bits per heavy atom. The van der Waals surface area contributed by atoms with Crippen LogP contribution < -0.4 is 4.74 Å². The number of nitriles is 1. The molecule has 0 N–H and O–H groups in total. The Morgan fingerprint density at radius 2 is 2.18 bits per heavy atom. The minimum absolute atomic E-state index is 0.319. The molecule has 1 aromatic rings. The number of hydrogen-bond acceptors (Lipinski definition) is 4. The first-order valence-electron chi connectivity index (χ1n) is 5.33. The third kappa shape index (κ3) is 2.76. The molecule has 0 spiro atoms. The predicted molar refractivity (Wildman–Crippen MR) is 62.8 cm³/mol. The molecule has 1 atom stereocenters. The fourth-order valence-electron chi connectivity index (χ4n) is 1.73. The third-order valence-electron chi connectivity index (χ3n) is 2.63. The van der Waals surface area contributed by atoms with Crippen LogP contribution in [0.15, 0.2) is 18.2 Å². The highest BCUT2D eigenvalue weighted by atomic mass is 16.5. The number of esters is 1. The summed E-state index contributed by atoms with van der Waals surface area (Å²) in [7, 11) is 2.89. The van der Waals surface area contributed by atoms with Gasteiger partial charge in [-0.05, 0) is 24.6 Å². The molecule has 0 fully saturated rings. The fraction of sp³-hybridized carbons (Fsp3) is 0.385. The Labute approximate surface area is 101 Å². The third-order valence-corrected chi connectivity index (χ3v) is 2.63. The lowest BCUT2D eigenvalue weighted by Gasteiger charge is -2.16. The van der Waals surface area contributed by atoms with Gasteiger partial charge in [-0.2, -0.15) is 5.26 Å². The second-order valence-corrected chi connectivity index (χ2v) is 3.55. The number of nitrogens with zero attached hydrogens (tertiary/aromatic N) is 1. The first kappa shape index (κ1) is 13.0. The zero-order chi connectivity index (χ0) is 12.8. The van der Waals surface area contributed by atoms with Crippen molar-refractivity contribution < 1.29 is 14.3 Å². The van der Waals surface area contributed by atoms with Gasteiger partial charge in [0.25, 0.3) is 0 Å². The van der Waals surface area contributed by atoms with Crippen LogP contribution in [0.1, 0.15) is 30.4 Å². The molecule has 4 nitrogen and oxygen atoms in total. The average Bonchev–Trinajstić information content (AvgIpc) is 2.39. The van der Waals surface area contributed by atoms with Gasteiger partial charge >= 0.3 is 5.97 Å². The molecular weight excluding hydrogens is 218 g/mol. The van der Waals surface area contributed by atoms with Crippen molar-refractivity contribution in [2.24, 2.45) is 0 Å². The molecule has 1 aromatic carbocycles. The van der Waals surface area contributed by atoms with E-state index in [0.717, 1.165) is 0 Å². The van der Waals surface area contributed by atoms with E-state index < -0.39 is 5.92 Å². The van der Waals surface area contributed by atoms with Gasteiger partial charge in [-0.3, -0.25) is 4.79 Å². The van der Waals surface area contributed by atoms with Crippen molar-refractivity contribution in [2.45, 2.75) is 19.3 Å². The van der Waals surface area contributed by atoms with E-state index in [-0.39, 0.29) is 5.97 Å². The molecule has 0 heterocycles. The van der Waals surface area contributed by atoms with E-state index in [1.54, 1.807) is 18.2 Å². The van der Waals surface area contributed by atoms with Crippen LogP contribution in [0, 0.1) is 11.3 Å². The van der Waals surface area contributed by atoms with Crippen LogP contribution in [0.25, 0.3) is 0 Å². The maximum atomic E-state index is 11.7. The largest absolute Gasteiger partial charge is 0.496 e. The fourth-order valence-corrected chi connectivity index (χ4v) is 1.73. The first-order chi connectivity index (χ1) is 8.17. The summed E-state index contributed by atoms with van der Waals surface area (Å²) in [5.74, 6) is -0.120. The number of methoxy groups -OCH3 is 2. The van der Waals surface area contributed by atoms with Crippen molar-refractivity contribution >= 4 is 5.97 Å². The van der Waals surface area contributed by atoms with Gasteiger partial charge in [0, 0.05) is 5.56 Å². The highest BCUT2D eigenvalue weighted by Crippen LogP contribution is 2.30. The van der Waals surface area contributed by atoms with Crippen LogP contribution >= 0.6 is 0 Å². The number of benzene rings is 1. The van der Waals surface area contributed by atoms with Crippen LogP contribution in [-0.4, -0.2) is 20.2 Å². The zero-order valence-electron chi connectivity index (χ0n) is 10.2. The van der Waals surface area contributed by atoms with Crippen LogP contribution in [0.4, 0.5) is 0 Å². The van der Waals surface area contributed by atoms with Crippen molar-refractivity contribution in [3.8, 4) is 11.8 Å². The van der Waals surface area contributed by atoms with E-state index in [9.17, 15) is 4.79 Å². The highest BCUT2D eigenvalue weighted by Gasteiger charge is 2.23. The molecule has 0 saturated carbocycles. The molecule has 1 unspecified atom stereocenters. The number of carbonyl (C=O) groups excluding carboxylic acids is 1. The van der Waals surface area contributed by atoms with Gasteiger partial charge < -0.3 is 9.47 Å². The minimum Gasteiger partial charge on any atom is -0.496 e. The van der Waals surface area contributed by atoms with Gasteiger partial charge in [0.2, 0.25) is 0 Å². The molecule has 0 aliphatic carbocycles. The Kier molecular flexibility index (Phi) is 4.53. The molecule has 0 bridgehead atoms. The van der Waals surface area contributed by atoms with Gasteiger partial charge in [0.05, 0.1) is 31.8 Å². The Balaban J connectivity index is 3.25. The van der Waals surface area contributed by atoms with Gasteiger partial charge in [-0.1, -0.05) is 6.92 Å². The molecule has 0 aliphatic rings. The second kappa shape index (κ2) is 5.90. The average molecular weight is 233 g/mol. The van der Waals surface area contributed by atoms with Gasteiger partial charge in [0.15, 0.2) is 0 Å². The first-order valence-corrected chi connectivity index (χ1v) is 5.33. The molecule has 90 valence electrons. The lowest BCUT2D eigenvalue weighted by atomic mass is 9.94. The molecule has 0 saturated heterocycles. The van der Waals surface area contributed by atoms with Crippen molar-refractivity contribution in [1.29, 1.82) is 5.26 Å². The Bertz CT molecular complexity index is 448. The summed E-state index contributed by atoms with van der Waals surface area (Å²) < 4.78 is 9.96. The summed E-state index contributed by atoms with van der Waals surface area (Å²) in [6.07, 6.45) is 0.595. The standard InChI is InChI=1S/C13H15NO3/c1-4-10(13(15)17-3)11-7-9(8-14)5-6-12(11)16-2/h5-7,10H,4H2,1-3H3. The van der Waals surface area contributed by atoms with Gasteiger partial charge in [-0.25, -0.2) is 0 Å². The Morgan fingerprint density at radius 1 is 1.47 bits per heavy atom. The van der Waals surface area contributed by atoms with Crippen molar-refractivity contribution in [3.05, 3.63) is 29.3 Å². The lowest BCUT2D eigenvalue weighted by Crippen LogP contribution is -2.14. The highest BCUT2D eigenvalue weighted by molar-refractivity contribution is 5.79. The molecule has 0 aromatic heterocycles. The van der Waals surface area contributed by atoms with Gasteiger partial charge in [0.1, 0.15) is 5.75 Å². The molecular formula is C13H15NO3. The van der Waals surface area contributed by atoms with E-state index in [1.807, 2.05) is 13.0 Å².